The summed E-state index contributed by atoms with van der Waals surface area (Å²) in [7, 11) is 0. The van der Waals surface area contributed by atoms with Gasteiger partial charge in [0, 0.05) is 6.61 Å². The first kappa shape index (κ1) is 8.79. The fourth-order valence-electron chi connectivity index (χ4n) is 1.53. The lowest BCUT2D eigenvalue weighted by atomic mass is 10.0. The molecule has 11 heavy (non-hydrogen) atoms. The van der Waals surface area contributed by atoms with Gasteiger partial charge in [0.15, 0.2) is 0 Å². The second-order valence-electron chi connectivity index (χ2n) is 3.06. The summed E-state index contributed by atoms with van der Waals surface area (Å²) in [6.45, 7) is 2.95. The van der Waals surface area contributed by atoms with Crippen LogP contribution < -0.4 is 0 Å². The Balaban J connectivity index is 2.24. The molecule has 0 spiro atoms. The van der Waals surface area contributed by atoms with Gasteiger partial charge in [-0.2, -0.15) is 0 Å². The van der Waals surface area contributed by atoms with Gasteiger partial charge in [-0.1, -0.05) is 12.2 Å². The average Bonchev–Trinajstić information content (AvgIpc) is 1.94. The Labute approximate surface area is 69.4 Å². The maximum Gasteiger partial charge on any atom is 0.0578 e. The van der Waals surface area contributed by atoms with Crippen LogP contribution in [0.1, 0.15) is 39.0 Å². The quantitative estimate of drug-likeness (QED) is 0.556. The monoisotopic (exact) mass is 154 g/mol. The largest absolute Gasteiger partial charge is 0.378 e. The van der Waals surface area contributed by atoms with Crippen LogP contribution in [0.5, 0.6) is 0 Å². The van der Waals surface area contributed by atoms with Crippen molar-refractivity contribution >= 4 is 0 Å². The molecule has 0 heterocycles. The first-order valence-corrected chi connectivity index (χ1v) is 4.70. The lowest BCUT2D eigenvalue weighted by molar-refractivity contribution is 0.0496. The highest BCUT2D eigenvalue weighted by Gasteiger charge is 2.07. The van der Waals surface area contributed by atoms with Crippen molar-refractivity contribution in [1.82, 2.24) is 0 Å². The summed E-state index contributed by atoms with van der Waals surface area (Å²) >= 11 is 0. The first-order chi connectivity index (χ1) is 5.43. The minimum atomic E-state index is 0.532. The lowest BCUT2D eigenvalue weighted by Gasteiger charge is -2.16. The Hall–Kier alpha value is -0.300. The number of rotatable bonds is 2. The third-order valence-electron chi connectivity index (χ3n) is 2.12. The van der Waals surface area contributed by atoms with E-state index in [1.165, 1.54) is 32.1 Å². The Kier molecular flexibility index (Phi) is 4.29. The van der Waals surface area contributed by atoms with Crippen LogP contribution in [0.25, 0.3) is 0 Å². The molecule has 0 aliphatic heterocycles. The summed E-state index contributed by atoms with van der Waals surface area (Å²) in [5, 5.41) is 0. The molecule has 1 nitrogen and oxygen atoms in total. The SMILES string of the molecule is CCOC1CC/C=C\CCC1. The Morgan fingerprint density at radius 3 is 2.91 bits per heavy atom. The van der Waals surface area contributed by atoms with E-state index < -0.39 is 0 Å². The van der Waals surface area contributed by atoms with Gasteiger partial charge in [0.1, 0.15) is 0 Å². The highest BCUT2D eigenvalue weighted by atomic mass is 16.5. The Bertz CT molecular complexity index is 118. The third kappa shape index (κ3) is 3.57. The summed E-state index contributed by atoms with van der Waals surface area (Å²) in [6, 6.07) is 0. The lowest BCUT2D eigenvalue weighted by Crippen LogP contribution is -2.13. The van der Waals surface area contributed by atoms with Gasteiger partial charge in [-0.15, -0.1) is 0 Å². The van der Waals surface area contributed by atoms with Crippen molar-refractivity contribution in [3.8, 4) is 0 Å². The molecule has 0 aromatic rings. The van der Waals surface area contributed by atoms with Gasteiger partial charge in [-0.3, -0.25) is 0 Å². The average molecular weight is 154 g/mol. The topological polar surface area (TPSA) is 9.23 Å². The summed E-state index contributed by atoms with van der Waals surface area (Å²) < 4.78 is 5.58. The van der Waals surface area contributed by atoms with Gasteiger partial charge in [-0.05, 0) is 39.0 Å². The Morgan fingerprint density at radius 1 is 1.27 bits per heavy atom. The summed E-state index contributed by atoms with van der Waals surface area (Å²) in [4.78, 5) is 0. The van der Waals surface area contributed by atoms with E-state index in [0.29, 0.717) is 6.10 Å². The maximum atomic E-state index is 5.58. The highest BCUT2D eigenvalue weighted by Crippen LogP contribution is 2.14. The minimum Gasteiger partial charge on any atom is -0.378 e. The summed E-state index contributed by atoms with van der Waals surface area (Å²) in [5.74, 6) is 0. The molecule has 1 heteroatoms. The van der Waals surface area contributed by atoms with Crippen LogP contribution in [0, 0.1) is 0 Å². The number of ether oxygens (including phenoxy) is 1. The zero-order valence-electron chi connectivity index (χ0n) is 7.38. The molecule has 0 aromatic carbocycles. The van der Waals surface area contributed by atoms with Gasteiger partial charge >= 0.3 is 0 Å². The molecule has 1 rings (SSSR count). The second kappa shape index (κ2) is 5.36. The van der Waals surface area contributed by atoms with E-state index in [1.807, 2.05) is 0 Å². The maximum absolute atomic E-state index is 5.58. The van der Waals surface area contributed by atoms with Crippen molar-refractivity contribution in [2.24, 2.45) is 0 Å². The van der Waals surface area contributed by atoms with Crippen LogP contribution in [0.3, 0.4) is 0 Å². The van der Waals surface area contributed by atoms with Crippen LogP contribution in [0.2, 0.25) is 0 Å². The molecule has 0 saturated heterocycles. The van der Waals surface area contributed by atoms with E-state index in [9.17, 15) is 0 Å². The van der Waals surface area contributed by atoms with Crippen LogP contribution in [-0.2, 0) is 4.74 Å². The van der Waals surface area contributed by atoms with Gasteiger partial charge < -0.3 is 4.74 Å². The van der Waals surface area contributed by atoms with Gasteiger partial charge in [-0.25, -0.2) is 0 Å². The van der Waals surface area contributed by atoms with E-state index in [4.69, 9.17) is 4.74 Å². The zero-order chi connectivity index (χ0) is 7.94. The van der Waals surface area contributed by atoms with Gasteiger partial charge in [0.2, 0.25) is 0 Å². The molecule has 0 bridgehead atoms. The van der Waals surface area contributed by atoms with E-state index in [-0.39, 0.29) is 0 Å². The molecule has 0 aromatic heterocycles. The molecular formula is C10H18O. The van der Waals surface area contributed by atoms with Crippen molar-refractivity contribution in [1.29, 1.82) is 0 Å². The standard InChI is InChI=1S/C10H18O/c1-2-11-10-8-6-4-3-5-7-9-10/h3-4,10H,2,5-9H2,1H3/b4-3-. The molecule has 0 radical (unpaired) electrons. The zero-order valence-corrected chi connectivity index (χ0v) is 7.38. The van der Waals surface area contributed by atoms with E-state index in [0.717, 1.165) is 6.61 Å². The fourth-order valence-corrected chi connectivity index (χ4v) is 1.53. The van der Waals surface area contributed by atoms with Crippen molar-refractivity contribution in [2.45, 2.75) is 45.1 Å². The van der Waals surface area contributed by atoms with Crippen molar-refractivity contribution in [2.75, 3.05) is 6.61 Å². The molecule has 64 valence electrons. The number of hydrogen-bond donors (Lipinski definition) is 0. The van der Waals surface area contributed by atoms with Crippen LogP contribution in [0.15, 0.2) is 12.2 Å². The molecule has 1 aliphatic rings. The molecule has 0 amide bonds. The predicted molar refractivity (Wildman–Crippen MR) is 47.6 cm³/mol. The summed E-state index contributed by atoms with van der Waals surface area (Å²) in [5.41, 5.74) is 0. The molecule has 1 aliphatic carbocycles. The minimum absolute atomic E-state index is 0.532. The number of allylic oxidation sites excluding steroid dienone is 2. The normalized spacial score (nSPS) is 29.0. The van der Waals surface area contributed by atoms with Crippen molar-refractivity contribution in [3.05, 3.63) is 12.2 Å². The smallest absolute Gasteiger partial charge is 0.0578 e. The highest BCUT2D eigenvalue weighted by molar-refractivity contribution is 4.85. The summed E-state index contributed by atoms with van der Waals surface area (Å²) in [6.07, 6.45) is 11.3. The van der Waals surface area contributed by atoms with E-state index >= 15 is 0 Å². The van der Waals surface area contributed by atoms with Crippen molar-refractivity contribution < 1.29 is 4.74 Å². The molecule has 0 saturated carbocycles. The molecular weight excluding hydrogens is 136 g/mol. The van der Waals surface area contributed by atoms with E-state index in [2.05, 4.69) is 19.1 Å². The third-order valence-corrected chi connectivity index (χ3v) is 2.12. The Morgan fingerprint density at radius 2 is 2.09 bits per heavy atom. The molecule has 0 N–H and O–H groups in total. The van der Waals surface area contributed by atoms with Crippen LogP contribution >= 0.6 is 0 Å². The molecule has 0 fully saturated rings. The van der Waals surface area contributed by atoms with Gasteiger partial charge in [0.05, 0.1) is 6.10 Å². The van der Waals surface area contributed by atoms with Crippen molar-refractivity contribution in [3.63, 3.8) is 0 Å². The number of hydrogen-bond acceptors (Lipinski definition) is 1. The van der Waals surface area contributed by atoms with Crippen LogP contribution in [-0.4, -0.2) is 12.7 Å². The molecule has 1 unspecified atom stereocenters. The predicted octanol–water partition coefficient (Wildman–Crippen LogP) is 2.91. The fraction of sp³-hybridized carbons (Fsp3) is 0.800. The van der Waals surface area contributed by atoms with E-state index in [1.54, 1.807) is 0 Å². The molecule has 1 atom stereocenters. The van der Waals surface area contributed by atoms with Gasteiger partial charge in [0.25, 0.3) is 0 Å². The first-order valence-electron chi connectivity index (χ1n) is 4.70. The second-order valence-corrected chi connectivity index (χ2v) is 3.06. The van der Waals surface area contributed by atoms with Crippen LogP contribution in [0.4, 0.5) is 0 Å².